The van der Waals surface area contributed by atoms with Crippen molar-refractivity contribution in [2.75, 3.05) is 19.6 Å². The first kappa shape index (κ1) is 17.4. The van der Waals surface area contributed by atoms with Gasteiger partial charge in [-0.15, -0.1) is 0 Å². The van der Waals surface area contributed by atoms with E-state index in [1.165, 1.54) is 12.1 Å². The molecule has 1 aliphatic rings. The van der Waals surface area contributed by atoms with Crippen molar-refractivity contribution in [1.29, 1.82) is 0 Å². The standard InChI is InChI=1S/C16H16F4N4O/c17-12-3-1-2-11(8-12)13-9-21-5-7-24(13)15(25)10-23-6-4-14(22-23)16(18,19)20/h1-4,6,8,13,21H,5,7,9-10H2. The smallest absolute Gasteiger partial charge is 0.331 e. The molecule has 0 bridgehead atoms. The minimum absolute atomic E-state index is 0.304. The van der Waals surface area contributed by atoms with E-state index in [4.69, 9.17) is 0 Å². The molecule has 0 radical (unpaired) electrons. The molecular weight excluding hydrogens is 340 g/mol. The van der Waals surface area contributed by atoms with Gasteiger partial charge in [0.25, 0.3) is 0 Å². The van der Waals surface area contributed by atoms with Gasteiger partial charge in [0.15, 0.2) is 5.69 Å². The molecule has 0 saturated carbocycles. The molecule has 5 nitrogen and oxygen atoms in total. The Morgan fingerprint density at radius 1 is 1.32 bits per heavy atom. The summed E-state index contributed by atoms with van der Waals surface area (Å²) in [5.41, 5.74) is -0.403. The summed E-state index contributed by atoms with van der Waals surface area (Å²) in [5, 5.41) is 6.53. The predicted octanol–water partition coefficient (Wildman–Crippen LogP) is 2.21. The van der Waals surface area contributed by atoms with Gasteiger partial charge in [0, 0.05) is 25.8 Å². The SMILES string of the molecule is O=C(Cn1ccc(C(F)(F)F)n1)N1CCNCC1c1cccc(F)c1. The second kappa shape index (κ2) is 6.83. The second-order valence-electron chi connectivity index (χ2n) is 5.76. The Bertz CT molecular complexity index is 759. The molecule has 3 rings (SSSR count). The third kappa shape index (κ3) is 3.98. The van der Waals surface area contributed by atoms with Gasteiger partial charge < -0.3 is 10.2 Å². The fraction of sp³-hybridized carbons (Fsp3) is 0.375. The Balaban J connectivity index is 1.76. The van der Waals surface area contributed by atoms with Crippen LogP contribution in [0.2, 0.25) is 0 Å². The lowest BCUT2D eigenvalue weighted by molar-refractivity contribution is -0.142. The predicted molar refractivity (Wildman–Crippen MR) is 81.0 cm³/mol. The van der Waals surface area contributed by atoms with Gasteiger partial charge >= 0.3 is 6.18 Å². The van der Waals surface area contributed by atoms with Gasteiger partial charge in [0.2, 0.25) is 5.91 Å². The monoisotopic (exact) mass is 356 g/mol. The number of alkyl halides is 3. The zero-order chi connectivity index (χ0) is 18.0. The van der Waals surface area contributed by atoms with Gasteiger partial charge in [-0.2, -0.15) is 18.3 Å². The molecule has 1 N–H and O–H groups in total. The number of amides is 1. The number of nitrogens with one attached hydrogen (secondary N) is 1. The molecule has 1 atom stereocenters. The normalized spacial score (nSPS) is 18.4. The van der Waals surface area contributed by atoms with Gasteiger partial charge in [0.1, 0.15) is 12.4 Å². The highest BCUT2D eigenvalue weighted by Crippen LogP contribution is 2.27. The summed E-state index contributed by atoms with van der Waals surface area (Å²) in [4.78, 5) is 14.1. The van der Waals surface area contributed by atoms with E-state index in [0.717, 1.165) is 16.9 Å². The van der Waals surface area contributed by atoms with Crippen molar-refractivity contribution in [1.82, 2.24) is 20.0 Å². The average Bonchev–Trinajstić information content (AvgIpc) is 3.03. The first-order valence-corrected chi connectivity index (χ1v) is 7.71. The van der Waals surface area contributed by atoms with Gasteiger partial charge in [-0.3, -0.25) is 9.48 Å². The molecule has 1 amide bonds. The topological polar surface area (TPSA) is 50.2 Å². The molecule has 9 heteroatoms. The summed E-state index contributed by atoms with van der Waals surface area (Å²) < 4.78 is 52.2. The summed E-state index contributed by atoms with van der Waals surface area (Å²) in [5.74, 6) is -0.773. The number of piperazine rings is 1. The van der Waals surface area contributed by atoms with Crippen molar-refractivity contribution in [3.05, 3.63) is 53.6 Å². The summed E-state index contributed by atoms with van der Waals surface area (Å²) >= 11 is 0. The Morgan fingerprint density at radius 3 is 2.80 bits per heavy atom. The van der Waals surface area contributed by atoms with Gasteiger partial charge in [-0.1, -0.05) is 12.1 Å². The summed E-state index contributed by atoms with van der Waals surface area (Å²) in [6.07, 6.45) is -3.42. The third-order valence-electron chi connectivity index (χ3n) is 4.03. The van der Waals surface area contributed by atoms with Crippen LogP contribution in [-0.2, 0) is 17.5 Å². The van der Waals surface area contributed by atoms with E-state index in [1.54, 1.807) is 17.0 Å². The minimum Gasteiger partial charge on any atom is -0.331 e. The van der Waals surface area contributed by atoms with Crippen molar-refractivity contribution in [2.24, 2.45) is 0 Å². The van der Waals surface area contributed by atoms with Gasteiger partial charge in [0.05, 0.1) is 6.04 Å². The number of hydrogen-bond donors (Lipinski definition) is 1. The number of benzene rings is 1. The number of carbonyl (C=O) groups is 1. The largest absolute Gasteiger partial charge is 0.435 e. The maximum atomic E-state index is 13.5. The molecule has 1 unspecified atom stereocenters. The molecule has 0 spiro atoms. The van der Waals surface area contributed by atoms with E-state index < -0.39 is 17.7 Å². The van der Waals surface area contributed by atoms with Crippen LogP contribution in [0.5, 0.6) is 0 Å². The number of carbonyl (C=O) groups excluding carboxylic acids is 1. The van der Waals surface area contributed by atoms with Crippen molar-refractivity contribution in [3.63, 3.8) is 0 Å². The van der Waals surface area contributed by atoms with E-state index >= 15 is 0 Å². The molecule has 2 heterocycles. The number of hydrogen-bond acceptors (Lipinski definition) is 3. The van der Waals surface area contributed by atoms with E-state index in [9.17, 15) is 22.4 Å². The van der Waals surface area contributed by atoms with Crippen LogP contribution in [-0.4, -0.2) is 40.2 Å². The highest BCUT2D eigenvalue weighted by atomic mass is 19.4. The molecular formula is C16H16F4N4O. The zero-order valence-electron chi connectivity index (χ0n) is 13.1. The van der Waals surface area contributed by atoms with Crippen LogP contribution in [0.1, 0.15) is 17.3 Å². The molecule has 1 aromatic carbocycles. The highest BCUT2D eigenvalue weighted by molar-refractivity contribution is 5.76. The number of nitrogens with zero attached hydrogens (tertiary/aromatic N) is 3. The van der Waals surface area contributed by atoms with Crippen LogP contribution in [0.3, 0.4) is 0 Å². The number of rotatable bonds is 3. The van der Waals surface area contributed by atoms with Crippen LogP contribution in [0.15, 0.2) is 36.5 Å². The van der Waals surface area contributed by atoms with Crippen LogP contribution in [0, 0.1) is 5.82 Å². The molecule has 134 valence electrons. The van der Waals surface area contributed by atoms with Crippen molar-refractivity contribution >= 4 is 5.91 Å². The zero-order valence-corrected chi connectivity index (χ0v) is 13.1. The average molecular weight is 356 g/mol. The maximum Gasteiger partial charge on any atom is 0.435 e. The van der Waals surface area contributed by atoms with E-state index in [0.29, 0.717) is 25.2 Å². The molecule has 0 aliphatic carbocycles. The molecule has 25 heavy (non-hydrogen) atoms. The quantitative estimate of drug-likeness (QED) is 0.858. The highest BCUT2D eigenvalue weighted by Gasteiger charge is 2.34. The molecule has 1 saturated heterocycles. The molecule has 1 aromatic heterocycles. The van der Waals surface area contributed by atoms with Crippen LogP contribution in [0.25, 0.3) is 0 Å². The van der Waals surface area contributed by atoms with E-state index in [-0.39, 0.29) is 18.5 Å². The first-order valence-electron chi connectivity index (χ1n) is 7.71. The first-order chi connectivity index (χ1) is 11.8. The third-order valence-corrected chi connectivity index (χ3v) is 4.03. The minimum atomic E-state index is -4.55. The van der Waals surface area contributed by atoms with Crippen molar-refractivity contribution in [2.45, 2.75) is 18.8 Å². The van der Waals surface area contributed by atoms with Crippen molar-refractivity contribution < 1.29 is 22.4 Å². The lowest BCUT2D eigenvalue weighted by Gasteiger charge is -2.36. The van der Waals surface area contributed by atoms with Gasteiger partial charge in [-0.05, 0) is 23.8 Å². The fourth-order valence-electron chi connectivity index (χ4n) is 2.84. The van der Waals surface area contributed by atoms with Crippen LogP contribution >= 0.6 is 0 Å². The molecule has 1 fully saturated rings. The Labute approximate surface area is 141 Å². The second-order valence-corrected chi connectivity index (χ2v) is 5.76. The number of aromatic nitrogens is 2. The number of halogens is 4. The maximum absolute atomic E-state index is 13.5. The van der Waals surface area contributed by atoms with E-state index in [2.05, 4.69) is 10.4 Å². The molecule has 1 aliphatic heterocycles. The van der Waals surface area contributed by atoms with Crippen LogP contribution < -0.4 is 5.32 Å². The lowest BCUT2D eigenvalue weighted by atomic mass is 10.0. The van der Waals surface area contributed by atoms with E-state index in [1.807, 2.05) is 0 Å². The van der Waals surface area contributed by atoms with Gasteiger partial charge in [-0.25, -0.2) is 4.39 Å². The van der Waals surface area contributed by atoms with Crippen molar-refractivity contribution in [3.8, 4) is 0 Å². The molecule has 2 aromatic rings. The Kier molecular flexibility index (Phi) is 4.76. The van der Waals surface area contributed by atoms with Crippen LogP contribution in [0.4, 0.5) is 17.6 Å². The summed E-state index contributed by atoms with van der Waals surface area (Å²) in [7, 11) is 0. The Morgan fingerprint density at radius 2 is 2.12 bits per heavy atom. The Hall–Kier alpha value is -2.42. The fourth-order valence-corrected chi connectivity index (χ4v) is 2.84. The summed E-state index contributed by atoms with van der Waals surface area (Å²) in [6.45, 7) is 1.09. The lowest BCUT2D eigenvalue weighted by Crippen LogP contribution is -2.49. The summed E-state index contributed by atoms with van der Waals surface area (Å²) in [6, 6.07) is 6.40.